The van der Waals surface area contributed by atoms with E-state index in [4.69, 9.17) is 4.74 Å². The van der Waals surface area contributed by atoms with Crippen molar-refractivity contribution in [3.8, 4) is 0 Å². The second-order valence-corrected chi connectivity index (χ2v) is 4.83. The zero-order chi connectivity index (χ0) is 13.9. The van der Waals surface area contributed by atoms with Gasteiger partial charge in [0.05, 0.1) is 0 Å². The van der Waals surface area contributed by atoms with Gasteiger partial charge in [-0.2, -0.15) is 4.39 Å². The highest BCUT2D eigenvalue weighted by Gasteiger charge is 2.24. The van der Waals surface area contributed by atoms with Crippen LogP contribution in [0.5, 0.6) is 0 Å². The Morgan fingerprint density at radius 1 is 1.20 bits per heavy atom. The Labute approximate surface area is 116 Å². The molecule has 4 heteroatoms. The first kappa shape index (κ1) is 12.8. The molecule has 1 aliphatic carbocycles. The maximum absolute atomic E-state index is 13.0. The van der Waals surface area contributed by atoms with Crippen molar-refractivity contribution in [3.63, 3.8) is 0 Å². The predicted octanol–water partition coefficient (Wildman–Crippen LogP) is 3.46. The number of hydrogen-bond donors (Lipinski definition) is 0. The number of nitrogens with zero attached hydrogens (tertiary/aromatic N) is 1. The van der Waals surface area contributed by atoms with E-state index < -0.39 is 11.9 Å². The van der Waals surface area contributed by atoms with E-state index in [-0.39, 0.29) is 11.8 Å². The highest BCUT2D eigenvalue weighted by atomic mass is 19.1. The molecule has 0 fully saturated rings. The van der Waals surface area contributed by atoms with Crippen molar-refractivity contribution in [1.82, 2.24) is 4.98 Å². The number of carbonyl (C=O) groups excluding carboxylic acids is 1. The molecule has 0 aliphatic heterocycles. The second-order valence-electron chi connectivity index (χ2n) is 4.83. The average Bonchev–Trinajstić information content (AvgIpc) is 2.47. The summed E-state index contributed by atoms with van der Waals surface area (Å²) in [7, 11) is 0. The average molecular weight is 271 g/mol. The maximum Gasteiger partial charge on any atom is 0.357 e. The lowest BCUT2D eigenvalue weighted by molar-refractivity contribution is 0.0248. The van der Waals surface area contributed by atoms with Gasteiger partial charge in [-0.25, -0.2) is 9.78 Å². The van der Waals surface area contributed by atoms with Crippen LogP contribution in [0, 0.1) is 5.95 Å². The highest BCUT2D eigenvalue weighted by Crippen LogP contribution is 2.32. The smallest absolute Gasteiger partial charge is 0.357 e. The van der Waals surface area contributed by atoms with Gasteiger partial charge in [0.2, 0.25) is 5.95 Å². The lowest BCUT2D eigenvalue weighted by atomic mass is 9.89. The molecule has 0 radical (unpaired) electrons. The van der Waals surface area contributed by atoms with Gasteiger partial charge in [0.25, 0.3) is 0 Å². The molecule has 1 aliphatic rings. The molecule has 0 saturated heterocycles. The number of carbonyl (C=O) groups is 1. The monoisotopic (exact) mass is 271 g/mol. The second kappa shape index (κ2) is 5.41. The number of aryl methyl sites for hydroxylation is 1. The molecular weight excluding hydrogens is 257 g/mol. The summed E-state index contributed by atoms with van der Waals surface area (Å²) >= 11 is 0. The van der Waals surface area contributed by atoms with E-state index in [1.165, 1.54) is 23.8 Å². The van der Waals surface area contributed by atoms with Crippen LogP contribution in [0.25, 0.3) is 0 Å². The fourth-order valence-electron chi connectivity index (χ4n) is 2.54. The summed E-state index contributed by atoms with van der Waals surface area (Å²) < 4.78 is 18.5. The third kappa shape index (κ3) is 2.54. The van der Waals surface area contributed by atoms with Crippen LogP contribution < -0.4 is 0 Å². The summed E-state index contributed by atoms with van der Waals surface area (Å²) in [5.41, 5.74) is 2.26. The van der Waals surface area contributed by atoms with Crippen LogP contribution in [-0.2, 0) is 11.2 Å². The van der Waals surface area contributed by atoms with E-state index in [0.29, 0.717) is 0 Å². The van der Waals surface area contributed by atoms with Crippen LogP contribution in [-0.4, -0.2) is 11.0 Å². The predicted molar refractivity (Wildman–Crippen MR) is 71.7 cm³/mol. The Morgan fingerprint density at radius 3 is 2.90 bits per heavy atom. The van der Waals surface area contributed by atoms with Crippen molar-refractivity contribution in [2.75, 3.05) is 0 Å². The van der Waals surface area contributed by atoms with Crippen LogP contribution in [0.3, 0.4) is 0 Å². The van der Waals surface area contributed by atoms with Crippen molar-refractivity contribution >= 4 is 5.97 Å². The molecule has 0 saturated carbocycles. The molecule has 3 rings (SSSR count). The van der Waals surface area contributed by atoms with Crippen LogP contribution in [0.2, 0.25) is 0 Å². The van der Waals surface area contributed by atoms with E-state index in [1.807, 2.05) is 18.2 Å². The van der Waals surface area contributed by atoms with E-state index in [1.54, 1.807) is 0 Å². The summed E-state index contributed by atoms with van der Waals surface area (Å²) in [4.78, 5) is 15.6. The van der Waals surface area contributed by atoms with Gasteiger partial charge in [-0.15, -0.1) is 0 Å². The van der Waals surface area contributed by atoms with Crippen molar-refractivity contribution in [1.29, 1.82) is 0 Å². The van der Waals surface area contributed by atoms with Gasteiger partial charge in [0.1, 0.15) is 6.10 Å². The Balaban J connectivity index is 1.81. The molecule has 20 heavy (non-hydrogen) atoms. The number of fused-ring (bicyclic) bond motifs is 1. The molecule has 1 atom stereocenters. The summed E-state index contributed by atoms with van der Waals surface area (Å²) in [6, 6.07) is 12.1. The van der Waals surface area contributed by atoms with Crippen molar-refractivity contribution in [2.45, 2.75) is 25.4 Å². The number of esters is 1. The van der Waals surface area contributed by atoms with Crippen LogP contribution >= 0.6 is 0 Å². The Hall–Kier alpha value is -2.23. The molecule has 1 heterocycles. The summed E-state index contributed by atoms with van der Waals surface area (Å²) in [5, 5.41) is 0. The Morgan fingerprint density at radius 2 is 2.05 bits per heavy atom. The van der Waals surface area contributed by atoms with Crippen molar-refractivity contribution in [2.24, 2.45) is 0 Å². The molecule has 0 amide bonds. The largest absolute Gasteiger partial charge is 0.453 e. The first-order chi connectivity index (χ1) is 9.74. The molecule has 1 aromatic carbocycles. The number of ether oxygens (including phenoxy) is 1. The summed E-state index contributed by atoms with van der Waals surface area (Å²) in [6.07, 6.45) is 2.50. The SMILES string of the molecule is O=C(OC1CCCc2ccccc21)c1cccc(F)n1. The minimum Gasteiger partial charge on any atom is -0.453 e. The molecule has 3 nitrogen and oxygen atoms in total. The number of halogens is 1. The van der Waals surface area contributed by atoms with E-state index >= 15 is 0 Å². The molecule has 1 unspecified atom stereocenters. The van der Waals surface area contributed by atoms with Crippen LogP contribution in [0.4, 0.5) is 4.39 Å². The normalized spacial score (nSPS) is 17.4. The molecule has 0 bridgehead atoms. The zero-order valence-corrected chi connectivity index (χ0v) is 10.9. The number of aromatic nitrogens is 1. The van der Waals surface area contributed by atoms with E-state index in [9.17, 15) is 9.18 Å². The van der Waals surface area contributed by atoms with E-state index in [2.05, 4.69) is 11.1 Å². The molecule has 2 aromatic rings. The van der Waals surface area contributed by atoms with Crippen LogP contribution in [0.15, 0.2) is 42.5 Å². The molecular formula is C16H14FNO2. The number of rotatable bonds is 2. The molecule has 0 spiro atoms. The standard InChI is InChI=1S/C16H14FNO2/c17-15-10-4-8-13(18-15)16(19)20-14-9-3-6-11-5-1-2-7-12(11)14/h1-2,4-5,7-8,10,14H,3,6,9H2. The molecule has 102 valence electrons. The first-order valence-corrected chi connectivity index (χ1v) is 6.65. The van der Waals surface area contributed by atoms with E-state index in [0.717, 1.165) is 24.8 Å². The molecule has 0 N–H and O–H groups in total. The highest BCUT2D eigenvalue weighted by molar-refractivity contribution is 5.87. The molecule has 1 aromatic heterocycles. The van der Waals surface area contributed by atoms with Crippen LogP contribution in [0.1, 0.15) is 40.6 Å². The van der Waals surface area contributed by atoms with Gasteiger partial charge in [-0.3, -0.25) is 0 Å². The zero-order valence-electron chi connectivity index (χ0n) is 10.9. The minimum absolute atomic E-state index is 0.00746. The first-order valence-electron chi connectivity index (χ1n) is 6.65. The number of pyridine rings is 1. The fraction of sp³-hybridized carbons (Fsp3) is 0.250. The summed E-state index contributed by atoms with van der Waals surface area (Å²) in [6.45, 7) is 0. The maximum atomic E-state index is 13.0. The van der Waals surface area contributed by atoms with Gasteiger partial charge in [0, 0.05) is 0 Å². The van der Waals surface area contributed by atoms with Gasteiger partial charge < -0.3 is 4.74 Å². The third-order valence-corrected chi connectivity index (χ3v) is 3.49. The Bertz CT molecular complexity index is 642. The minimum atomic E-state index is -0.677. The lowest BCUT2D eigenvalue weighted by Crippen LogP contribution is -2.17. The van der Waals surface area contributed by atoms with Gasteiger partial charge in [-0.1, -0.05) is 30.3 Å². The van der Waals surface area contributed by atoms with Crippen molar-refractivity contribution in [3.05, 3.63) is 65.2 Å². The number of hydrogen-bond acceptors (Lipinski definition) is 3. The number of benzene rings is 1. The fourth-order valence-corrected chi connectivity index (χ4v) is 2.54. The van der Waals surface area contributed by atoms with Gasteiger partial charge in [0.15, 0.2) is 5.69 Å². The lowest BCUT2D eigenvalue weighted by Gasteiger charge is -2.25. The van der Waals surface area contributed by atoms with Crippen molar-refractivity contribution < 1.29 is 13.9 Å². The summed E-state index contributed by atoms with van der Waals surface area (Å²) in [5.74, 6) is -1.25. The topological polar surface area (TPSA) is 39.2 Å². The van der Waals surface area contributed by atoms with Gasteiger partial charge >= 0.3 is 5.97 Å². The third-order valence-electron chi connectivity index (χ3n) is 3.49. The van der Waals surface area contributed by atoms with Gasteiger partial charge in [-0.05, 0) is 42.5 Å². The quantitative estimate of drug-likeness (QED) is 0.620. The Kier molecular flexibility index (Phi) is 3.46.